The second-order valence-electron chi connectivity index (χ2n) is 7.34. The maximum atomic E-state index is 12.7. The Hall–Kier alpha value is -2.25. The molecular formula is C20H30N4O3. The minimum absolute atomic E-state index is 0.0739. The largest absolute Gasteiger partial charge is 0.370 e. The maximum absolute atomic E-state index is 12.7. The first-order valence-electron chi connectivity index (χ1n) is 9.29. The van der Waals surface area contributed by atoms with E-state index < -0.39 is 0 Å². The fourth-order valence-electron chi connectivity index (χ4n) is 2.65. The van der Waals surface area contributed by atoms with Gasteiger partial charge >= 0.3 is 0 Å². The molecule has 27 heavy (non-hydrogen) atoms. The number of carbonyl (C=O) groups is 1. The van der Waals surface area contributed by atoms with Crippen LogP contribution in [0.4, 0.5) is 0 Å². The van der Waals surface area contributed by atoms with Crippen molar-refractivity contribution in [2.24, 2.45) is 17.6 Å². The van der Waals surface area contributed by atoms with E-state index in [1.54, 1.807) is 11.9 Å². The Morgan fingerprint density at radius 3 is 2.52 bits per heavy atom. The van der Waals surface area contributed by atoms with Crippen molar-refractivity contribution in [3.05, 3.63) is 47.6 Å². The van der Waals surface area contributed by atoms with Crippen LogP contribution in [-0.2, 0) is 16.1 Å². The maximum Gasteiger partial charge on any atom is 0.246 e. The summed E-state index contributed by atoms with van der Waals surface area (Å²) in [6.45, 7) is 8.73. The van der Waals surface area contributed by atoms with Crippen LogP contribution >= 0.6 is 0 Å². The molecular weight excluding hydrogens is 344 g/mol. The van der Waals surface area contributed by atoms with E-state index >= 15 is 0 Å². The molecule has 0 spiro atoms. The van der Waals surface area contributed by atoms with Gasteiger partial charge in [-0.05, 0) is 18.4 Å². The SMILES string of the molecule is CC(C)COC(C)c1noc(CN(C)C(=O)C(C)C(N)c2ccccc2)n1. The zero-order valence-electron chi connectivity index (χ0n) is 16.8. The van der Waals surface area contributed by atoms with E-state index in [-0.39, 0.29) is 30.5 Å². The smallest absolute Gasteiger partial charge is 0.246 e. The minimum atomic E-state index is -0.371. The molecule has 148 valence electrons. The topological polar surface area (TPSA) is 94.5 Å². The van der Waals surface area contributed by atoms with E-state index in [1.165, 1.54) is 0 Å². The van der Waals surface area contributed by atoms with E-state index in [2.05, 4.69) is 24.0 Å². The molecule has 2 N–H and O–H groups in total. The molecule has 1 aromatic heterocycles. The van der Waals surface area contributed by atoms with Crippen LogP contribution in [0.25, 0.3) is 0 Å². The van der Waals surface area contributed by atoms with Crippen LogP contribution in [0.3, 0.4) is 0 Å². The molecule has 1 amide bonds. The number of nitrogens with zero attached hydrogens (tertiary/aromatic N) is 3. The van der Waals surface area contributed by atoms with Crippen molar-refractivity contribution >= 4 is 5.91 Å². The van der Waals surface area contributed by atoms with Gasteiger partial charge in [0.25, 0.3) is 0 Å². The van der Waals surface area contributed by atoms with Crippen molar-refractivity contribution in [3.8, 4) is 0 Å². The molecule has 0 aliphatic rings. The molecule has 1 heterocycles. The highest BCUT2D eigenvalue weighted by Crippen LogP contribution is 2.21. The van der Waals surface area contributed by atoms with Gasteiger partial charge in [0, 0.05) is 19.7 Å². The molecule has 0 saturated heterocycles. The molecule has 0 fully saturated rings. The second kappa shape index (κ2) is 9.62. The van der Waals surface area contributed by atoms with Crippen LogP contribution < -0.4 is 5.73 Å². The van der Waals surface area contributed by atoms with Gasteiger partial charge in [-0.1, -0.05) is 56.3 Å². The van der Waals surface area contributed by atoms with Crippen molar-refractivity contribution in [3.63, 3.8) is 0 Å². The van der Waals surface area contributed by atoms with Crippen LogP contribution in [0.2, 0.25) is 0 Å². The minimum Gasteiger partial charge on any atom is -0.370 e. The summed E-state index contributed by atoms with van der Waals surface area (Å²) in [5.41, 5.74) is 7.19. The van der Waals surface area contributed by atoms with Crippen molar-refractivity contribution in [2.75, 3.05) is 13.7 Å². The highest BCUT2D eigenvalue weighted by molar-refractivity contribution is 5.79. The highest BCUT2D eigenvalue weighted by Gasteiger charge is 2.26. The van der Waals surface area contributed by atoms with E-state index in [4.69, 9.17) is 15.0 Å². The predicted molar refractivity (Wildman–Crippen MR) is 103 cm³/mol. The zero-order chi connectivity index (χ0) is 20.0. The Morgan fingerprint density at radius 1 is 1.22 bits per heavy atom. The number of benzene rings is 1. The predicted octanol–water partition coefficient (Wildman–Crippen LogP) is 3.10. The normalized spacial score (nSPS) is 14.8. The number of nitrogens with two attached hydrogens (primary N) is 1. The van der Waals surface area contributed by atoms with Crippen molar-refractivity contribution < 1.29 is 14.1 Å². The monoisotopic (exact) mass is 374 g/mol. The third-order valence-corrected chi connectivity index (χ3v) is 4.39. The number of ether oxygens (including phenoxy) is 1. The number of rotatable bonds is 9. The molecule has 0 radical (unpaired) electrons. The summed E-state index contributed by atoms with van der Waals surface area (Å²) >= 11 is 0. The second-order valence-corrected chi connectivity index (χ2v) is 7.34. The Morgan fingerprint density at radius 2 is 1.89 bits per heavy atom. The van der Waals surface area contributed by atoms with Gasteiger partial charge in [-0.3, -0.25) is 4.79 Å². The average molecular weight is 374 g/mol. The van der Waals surface area contributed by atoms with Gasteiger partial charge < -0.3 is 19.9 Å². The first-order chi connectivity index (χ1) is 12.8. The summed E-state index contributed by atoms with van der Waals surface area (Å²) in [7, 11) is 1.71. The van der Waals surface area contributed by atoms with Crippen LogP contribution in [0.1, 0.15) is 57.1 Å². The van der Waals surface area contributed by atoms with Crippen molar-refractivity contribution in [1.82, 2.24) is 15.0 Å². The van der Waals surface area contributed by atoms with Crippen molar-refractivity contribution in [2.45, 2.75) is 46.4 Å². The molecule has 0 aliphatic heterocycles. The average Bonchev–Trinajstić information content (AvgIpc) is 3.13. The molecule has 3 unspecified atom stereocenters. The van der Waals surface area contributed by atoms with Gasteiger partial charge in [-0.2, -0.15) is 4.98 Å². The number of carbonyl (C=O) groups excluding carboxylic acids is 1. The standard InChI is InChI=1S/C20H30N4O3/c1-13(2)12-26-15(4)19-22-17(27-23-19)11-24(5)20(25)14(3)18(21)16-9-7-6-8-10-16/h6-10,13-15,18H,11-12,21H2,1-5H3. The van der Waals surface area contributed by atoms with E-state index in [1.807, 2.05) is 44.2 Å². The van der Waals surface area contributed by atoms with Gasteiger partial charge in [0.05, 0.1) is 12.5 Å². The molecule has 0 bridgehead atoms. The van der Waals surface area contributed by atoms with E-state index in [0.29, 0.717) is 24.2 Å². The number of amides is 1. The number of aromatic nitrogens is 2. The summed E-state index contributed by atoms with van der Waals surface area (Å²) in [6.07, 6.45) is -0.253. The van der Waals surface area contributed by atoms with E-state index in [0.717, 1.165) is 5.56 Å². The summed E-state index contributed by atoms with van der Waals surface area (Å²) < 4.78 is 11.0. The van der Waals surface area contributed by atoms with Gasteiger partial charge in [-0.15, -0.1) is 0 Å². The lowest BCUT2D eigenvalue weighted by atomic mass is 9.94. The molecule has 3 atom stereocenters. The summed E-state index contributed by atoms with van der Waals surface area (Å²) in [6, 6.07) is 9.24. The van der Waals surface area contributed by atoms with Gasteiger partial charge in [0.15, 0.2) is 5.82 Å². The summed E-state index contributed by atoms with van der Waals surface area (Å²) in [5, 5.41) is 3.96. The molecule has 1 aromatic carbocycles. The van der Waals surface area contributed by atoms with Gasteiger partial charge in [0.1, 0.15) is 6.10 Å². The van der Waals surface area contributed by atoms with Crippen LogP contribution in [-0.4, -0.2) is 34.6 Å². The lowest BCUT2D eigenvalue weighted by Crippen LogP contribution is -2.36. The van der Waals surface area contributed by atoms with Crippen LogP contribution in [0, 0.1) is 11.8 Å². The van der Waals surface area contributed by atoms with E-state index in [9.17, 15) is 4.79 Å². The molecule has 0 saturated carbocycles. The van der Waals surface area contributed by atoms with Gasteiger partial charge in [0.2, 0.25) is 11.8 Å². The lowest BCUT2D eigenvalue weighted by Gasteiger charge is -2.24. The first kappa shape index (κ1) is 21.1. The quantitative estimate of drug-likeness (QED) is 0.725. The van der Waals surface area contributed by atoms with Crippen molar-refractivity contribution in [1.29, 1.82) is 0 Å². The Bertz CT molecular complexity index is 717. The first-order valence-corrected chi connectivity index (χ1v) is 9.29. The fourth-order valence-corrected chi connectivity index (χ4v) is 2.65. The zero-order valence-corrected chi connectivity index (χ0v) is 16.8. The molecule has 7 heteroatoms. The van der Waals surface area contributed by atoms with Gasteiger partial charge in [-0.25, -0.2) is 0 Å². The number of hydrogen-bond acceptors (Lipinski definition) is 6. The Balaban J connectivity index is 1.94. The molecule has 2 aromatic rings. The fraction of sp³-hybridized carbons (Fsp3) is 0.550. The molecule has 0 aliphatic carbocycles. The highest BCUT2D eigenvalue weighted by atomic mass is 16.5. The lowest BCUT2D eigenvalue weighted by molar-refractivity contribution is -0.135. The third kappa shape index (κ3) is 5.87. The summed E-state index contributed by atoms with van der Waals surface area (Å²) in [4.78, 5) is 18.6. The number of hydrogen-bond donors (Lipinski definition) is 1. The Kier molecular flexibility index (Phi) is 7.50. The third-order valence-electron chi connectivity index (χ3n) is 4.39. The molecule has 7 nitrogen and oxygen atoms in total. The summed E-state index contributed by atoms with van der Waals surface area (Å²) in [5.74, 6) is 0.850. The Labute approximate surface area is 160 Å². The van der Waals surface area contributed by atoms with Crippen LogP contribution in [0.15, 0.2) is 34.9 Å². The molecule has 2 rings (SSSR count). The van der Waals surface area contributed by atoms with Crippen LogP contribution in [0.5, 0.6) is 0 Å².